The molecule has 0 saturated heterocycles. The van der Waals surface area contributed by atoms with Gasteiger partial charge < -0.3 is 0 Å². The lowest BCUT2D eigenvalue weighted by Crippen LogP contribution is -2.30. The summed E-state index contributed by atoms with van der Waals surface area (Å²) in [5.41, 5.74) is 2.16. The van der Waals surface area contributed by atoms with Crippen molar-refractivity contribution >= 4 is 11.3 Å². The molecule has 0 fully saturated rings. The second kappa shape index (κ2) is 6.02. The number of halogens is 3. The average Bonchev–Trinajstić information content (AvgIpc) is 2.93. The van der Waals surface area contributed by atoms with E-state index in [4.69, 9.17) is 0 Å². The Morgan fingerprint density at radius 1 is 0.958 bits per heavy atom. The van der Waals surface area contributed by atoms with Crippen molar-refractivity contribution in [2.45, 2.75) is 13.1 Å². The maximum atomic E-state index is 13.4. The molecule has 0 N–H and O–H groups in total. The fourth-order valence-electron chi connectivity index (χ4n) is 2.76. The minimum absolute atomic E-state index is 0.594. The van der Waals surface area contributed by atoms with E-state index in [2.05, 4.69) is 0 Å². The summed E-state index contributed by atoms with van der Waals surface area (Å²) in [5.74, 6) is 0. The summed E-state index contributed by atoms with van der Waals surface area (Å²) in [4.78, 5) is 0. The lowest BCUT2D eigenvalue weighted by molar-refractivity contribution is -0.660. The number of aromatic nitrogens is 2. The van der Waals surface area contributed by atoms with Gasteiger partial charge in [0.05, 0.1) is 22.1 Å². The molecule has 0 aliphatic carbocycles. The molecule has 2 heterocycles. The third-order valence-corrected chi connectivity index (χ3v) is 5.07. The Morgan fingerprint density at radius 2 is 1.67 bits per heavy atom. The van der Waals surface area contributed by atoms with Crippen LogP contribution in [0.15, 0.2) is 48.1 Å². The number of pyridine rings is 1. The lowest BCUT2D eigenvalue weighted by Gasteiger charge is -2.13. The van der Waals surface area contributed by atoms with E-state index in [1.54, 1.807) is 0 Å². The van der Waals surface area contributed by atoms with Gasteiger partial charge in [-0.25, -0.2) is 4.57 Å². The predicted octanol–water partition coefficient (Wildman–Crippen LogP) is 4.06. The van der Waals surface area contributed by atoms with Crippen LogP contribution in [0, 0.1) is 6.92 Å². The van der Waals surface area contributed by atoms with Gasteiger partial charge in [-0.1, -0.05) is 11.3 Å². The zero-order valence-corrected chi connectivity index (χ0v) is 14.4. The van der Waals surface area contributed by atoms with Crippen LogP contribution in [0.3, 0.4) is 0 Å². The van der Waals surface area contributed by atoms with Gasteiger partial charge in [0.15, 0.2) is 12.4 Å². The number of hydrogen-bond donors (Lipinski definition) is 0. The third-order valence-electron chi connectivity index (χ3n) is 4.08. The van der Waals surface area contributed by atoms with Crippen molar-refractivity contribution in [3.8, 4) is 21.8 Å². The molecule has 6 heteroatoms. The summed E-state index contributed by atoms with van der Waals surface area (Å²) >= 11 is 1.43. The lowest BCUT2D eigenvalue weighted by atomic mass is 9.96. The van der Waals surface area contributed by atoms with Crippen molar-refractivity contribution in [3.05, 3.63) is 59.2 Å². The van der Waals surface area contributed by atoms with Crippen LogP contribution in [0.5, 0.6) is 0 Å². The molecule has 3 rings (SSSR count). The highest BCUT2D eigenvalue weighted by atomic mass is 32.1. The minimum atomic E-state index is -4.39. The Hall–Kier alpha value is -2.21. The van der Waals surface area contributed by atoms with Crippen molar-refractivity contribution < 1.29 is 22.3 Å². The van der Waals surface area contributed by atoms with Crippen LogP contribution in [-0.2, 0) is 20.3 Å². The van der Waals surface area contributed by atoms with E-state index in [-0.39, 0.29) is 0 Å². The van der Waals surface area contributed by atoms with Crippen LogP contribution < -0.4 is 9.13 Å². The normalized spacial score (nSPS) is 11.8. The predicted molar refractivity (Wildman–Crippen MR) is 87.3 cm³/mol. The number of nitrogens with zero attached hydrogens (tertiary/aromatic N) is 2. The highest BCUT2D eigenvalue weighted by Crippen LogP contribution is 2.38. The van der Waals surface area contributed by atoms with Gasteiger partial charge >= 0.3 is 6.18 Å². The molecule has 124 valence electrons. The molecule has 2 aromatic heterocycles. The molecule has 0 atom stereocenters. The number of thiazole rings is 1. The number of hydrogen-bond acceptors (Lipinski definition) is 1. The van der Waals surface area contributed by atoms with Gasteiger partial charge in [-0.3, -0.25) is 0 Å². The number of aryl methyl sites for hydroxylation is 2. The zero-order valence-electron chi connectivity index (χ0n) is 13.6. The number of alkyl halides is 3. The highest BCUT2D eigenvalue weighted by molar-refractivity contribution is 7.12. The van der Waals surface area contributed by atoms with E-state index in [0.717, 1.165) is 16.3 Å². The Labute approximate surface area is 142 Å². The minimum Gasteiger partial charge on any atom is -0.201 e. The standard InChI is InChI=1S/C18H17F3N2S/c1-12-14(16-6-4-5-7-22(16)2)10-13(18(19,20)21)11-15(12)17-23(3)8-9-24-17/h4-11H,1-3H3/q+2. The summed E-state index contributed by atoms with van der Waals surface area (Å²) in [7, 11) is 3.67. The van der Waals surface area contributed by atoms with Gasteiger partial charge in [0.25, 0.3) is 5.01 Å². The Bertz CT molecular complexity index is 898. The molecular formula is C18H17F3N2S+2. The van der Waals surface area contributed by atoms with Gasteiger partial charge in [-0.05, 0) is 30.7 Å². The molecule has 0 aliphatic rings. The SMILES string of the molecule is Cc1c(-c2cccc[n+]2C)cc(C(F)(F)F)cc1-c1scc[n+]1C. The Morgan fingerprint density at radius 3 is 2.25 bits per heavy atom. The van der Waals surface area contributed by atoms with Gasteiger partial charge in [-0.15, -0.1) is 0 Å². The maximum absolute atomic E-state index is 13.4. The first-order valence-electron chi connectivity index (χ1n) is 7.39. The second-order valence-corrected chi connectivity index (χ2v) is 6.60. The number of benzene rings is 1. The van der Waals surface area contributed by atoms with Crippen molar-refractivity contribution in [1.82, 2.24) is 0 Å². The summed E-state index contributed by atoms with van der Waals surface area (Å²) in [6, 6.07) is 8.00. The molecule has 0 amide bonds. The van der Waals surface area contributed by atoms with Crippen LogP contribution in [0.1, 0.15) is 11.1 Å². The monoisotopic (exact) mass is 350 g/mol. The van der Waals surface area contributed by atoms with E-state index in [9.17, 15) is 13.2 Å². The molecule has 0 saturated carbocycles. The zero-order chi connectivity index (χ0) is 17.5. The van der Waals surface area contributed by atoms with Crippen LogP contribution in [-0.4, -0.2) is 0 Å². The second-order valence-electron chi connectivity index (χ2n) is 5.71. The maximum Gasteiger partial charge on any atom is 0.416 e. The first-order chi connectivity index (χ1) is 11.3. The van der Waals surface area contributed by atoms with Crippen molar-refractivity contribution in [2.24, 2.45) is 14.1 Å². The molecule has 0 unspecified atom stereocenters. The van der Waals surface area contributed by atoms with Crippen LogP contribution in [0.2, 0.25) is 0 Å². The summed E-state index contributed by atoms with van der Waals surface area (Å²) in [6.45, 7) is 1.87. The smallest absolute Gasteiger partial charge is 0.201 e. The van der Waals surface area contributed by atoms with Crippen molar-refractivity contribution in [1.29, 1.82) is 0 Å². The molecule has 1 aromatic carbocycles. The van der Waals surface area contributed by atoms with Crippen LogP contribution >= 0.6 is 11.3 Å². The first kappa shape index (κ1) is 16.6. The average molecular weight is 350 g/mol. The summed E-state index contributed by atoms with van der Waals surface area (Å²) < 4.78 is 44.0. The largest absolute Gasteiger partial charge is 0.416 e. The van der Waals surface area contributed by atoms with Crippen LogP contribution in [0.4, 0.5) is 13.2 Å². The molecule has 2 nitrogen and oxygen atoms in total. The molecule has 24 heavy (non-hydrogen) atoms. The molecule has 3 aromatic rings. The van der Waals surface area contributed by atoms with E-state index in [0.29, 0.717) is 11.1 Å². The third kappa shape index (κ3) is 2.94. The van der Waals surface area contributed by atoms with Crippen molar-refractivity contribution in [2.75, 3.05) is 0 Å². The fourth-order valence-corrected chi connectivity index (χ4v) is 3.70. The summed E-state index contributed by atoms with van der Waals surface area (Å²) in [5, 5.41) is 2.68. The fraction of sp³-hybridized carbons (Fsp3) is 0.222. The van der Waals surface area contributed by atoms with Crippen molar-refractivity contribution in [3.63, 3.8) is 0 Å². The van der Waals surface area contributed by atoms with E-state index >= 15 is 0 Å². The van der Waals surface area contributed by atoms with E-state index < -0.39 is 11.7 Å². The Balaban J connectivity index is 2.34. The molecule has 0 aliphatic heterocycles. The first-order valence-corrected chi connectivity index (χ1v) is 8.27. The summed E-state index contributed by atoms with van der Waals surface area (Å²) in [6.07, 6.45) is -0.706. The molecule has 0 radical (unpaired) electrons. The Kier molecular flexibility index (Phi) is 4.17. The van der Waals surface area contributed by atoms with Crippen LogP contribution in [0.25, 0.3) is 21.8 Å². The molecule has 0 spiro atoms. The van der Waals surface area contributed by atoms with E-state index in [1.165, 1.54) is 23.5 Å². The number of rotatable bonds is 2. The molecular weight excluding hydrogens is 333 g/mol. The van der Waals surface area contributed by atoms with Gasteiger partial charge in [-0.2, -0.15) is 17.7 Å². The quantitative estimate of drug-likeness (QED) is 0.616. The highest BCUT2D eigenvalue weighted by Gasteiger charge is 2.34. The molecule has 0 bridgehead atoms. The van der Waals surface area contributed by atoms with Gasteiger partial charge in [0.1, 0.15) is 14.1 Å². The van der Waals surface area contributed by atoms with Gasteiger partial charge in [0, 0.05) is 12.1 Å². The topological polar surface area (TPSA) is 7.76 Å². The van der Waals surface area contributed by atoms with E-state index in [1.807, 2.05) is 66.1 Å². The van der Waals surface area contributed by atoms with Gasteiger partial charge in [0.2, 0.25) is 5.69 Å².